The molecule has 1 aromatic carbocycles. The van der Waals surface area contributed by atoms with Crippen LogP contribution in [0.4, 0.5) is 0 Å². The Bertz CT molecular complexity index is 537. The summed E-state index contributed by atoms with van der Waals surface area (Å²) in [6, 6.07) is 8.34. The van der Waals surface area contributed by atoms with Crippen LogP contribution in [0, 0.1) is 0 Å². The minimum absolute atomic E-state index is 0.170. The van der Waals surface area contributed by atoms with E-state index in [0.29, 0.717) is 12.6 Å². The average Bonchev–Trinajstić information content (AvgIpc) is 3.07. The van der Waals surface area contributed by atoms with Crippen molar-refractivity contribution in [2.45, 2.75) is 32.4 Å². The van der Waals surface area contributed by atoms with Crippen LogP contribution >= 0.6 is 0 Å². The molecule has 0 saturated heterocycles. The molecule has 0 bridgehead atoms. The highest BCUT2D eigenvalue weighted by molar-refractivity contribution is 6.00. The Kier molecular flexibility index (Phi) is 3.23. The predicted molar refractivity (Wildman–Crippen MR) is 75.0 cm³/mol. The molecule has 3 rings (SSSR count). The number of aliphatic imine (C=N–C) groups is 2. The van der Waals surface area contributed by atoms with Crippen LogP contribution < -0.4 is 0 Å². The summed E-state index contributed by atoms with van der Waals surface area (Å²) in [6.07, 6.45) is 1.18. The molecule has 0 radical (unpaired) electrons. The summed E-state index contributed by atoms with van der Waals surface area (Å²) in [4.78, 5) is 8.97. The summed E-state index contributed by atoms with van der Waals surface area (Å²) in [5.74, 6) is 1.46. The lowest BCUT2D eigenvalue weighted by molar-refractivity contribution is 0.246. The highest BCUT2D eigenvalue weighted by atomic mass is 16.5. The van der Waals surface area contributed by atoms with Gasteiger partial charge in [0.1, 0.15) is 12.7 Å². The summed E-state index contributed by atoms with van der Waals surface area (Å²) < 4.78 is 11.3. The molecule has 1 aromatic rings. The average molecular weight is 258 g/mol. The zero-order chi connectivity index (χ0) is 13.2. The van der Waals surface area contributed by atoms with Crippen molar-refractivity contribution in [2.24, 2.45) is 9.98 Å². The van der Waals surface area contributed by atoms with Crippen LogP contribution in [0.5, 0.6) is 0 Å². The van der Waals surface area contributed by atoms with Crippen molar-refractivity contribution >= 4 is 11.8 Å². The maximum absolute atomic E-state index is 5.68. The van der Waals surface area contributed by atoms with Gasteiger partial charge in [-0.05, 0) is 31.5 Å². The fraction of sp³-hybridized carbons (Fsp3) is 0.467. The van der Waals surface area contributed by atoms with E-state index in [1.54, 1.807) is 0 Å². The SMILES string of the molecule is CCC1COC(c2cccc(C3=NCC(C)O3)c2)=N1. The van der Waals surface area contributed by atoms with E-state index in [1.807, 2.05) is 31.2 Å². The Balaban J connectivity index is 1.85. The van der Waals surface area contributed by atoms with Crippen molar-refractivity contribution in [2.75, 3.05) is 13.2 Å². The molecule has 0 N–H and O–H groups in total. The lowest BCUT2D eigenvalue weighted by Crippen LogP contribution is -2.10. The van der Waals surface area contributed by atoms with E-state index in [1.165, 1.54) is 0 Å². The first kappa shape index (κ1) is 12.2. The standard InChI is InChI=1S/C15H18N2O2/c1-3-13-9-18-15(17-13)12-6-4-5-11(7-12)14-16-8-10(2)19-14/h4-7,10,13H,3,8-9H2,1-2H3. The number of hydrogen-bond acceptors (Lipinski definition) is 4. The summed E-state index contributed by atoms with van der Waals surface area (Å²) in [5, 5.41) is 0. The van der Waals surface area contributed by atoms with Gasteiger partial charge in [0.15, 0.2) is 0 Å². The van der Waals surface area contributed by atoms with E-state index in [-0.39, 0.29) is 6.10 Å². The van der Waals surface area contributed by atoms with Gasteiger partial charge in [-0.2, -0.15) is 0 Å². The summed E-state index contributed by atoms with van der Waals surface area (Å²) in [7, 11) is 0. The minimum Gasteiger partial charge on any atom is -0.475 e. The molecule has 100 valence electrons. The molecule has 0 amide bonds. The summed E-state index contributed by atoms with van der Waals surface area (Å²) in [5.41, 5.74) is 1.99. The van der Waals surface area contributed by atoms with E-state index >= 15 is 0 Å². The van der Waals surface area contributed by atoms with Gasteiger partial charge in [0.2, 0.25) is 11.8 Å². The number of rotatable bonds is 3. The molecule has 2 heterocycles. The third-order valence-electron chi connectivity index (χ3n) is 3.34. The van der Waals surface area contributed by atoms with Gasteiger partial charge < -0.3 is 9.47 Å². The van der Waals surface area contributed by atoms with E-state index < -0.39 is 0 Å². The van der Waals surface area contributed by atoms with Gasteiger partial charge in [-0.1, -0.05) is 13.0 Å². The zero-order valence-corrected chi connectivity index (χ0v) is 11.3. The van der Waals surface area contributed by atoms with E-state index in [2.05, 4.69) is 16.9 Å². The van der Waals surface area contributed by atoms with Crippen molar-refractivity contribution < 1.29 is 9.47 Å². The van der Waals surface area contributed by atoms with Crippen LogP contribution in [0.15, 0.2) is 34.3 Å². The normalized spacial score (nSPS) is 25.6. The van der Waals surface area contributed by atoms with Crippen LogP contribution in [-0.2, 0) is 9.47 Å². The molecule has 0 saturated carbocycles. The maximum Gasteiger partial charge on any atom is 0.216 e. The van der Waals surface area contributed by atoms with Gasteiger partial charge in [0.05, 0.1) is 12.6 Å². The van der Waals surface area contributed by atoms with Gasteiger partial charge >= 0.3 is 0 Å². The van der Waals surface area contributed by atoms with Crippen LogP contribution in [0.1, 0.15) is 31.4 Å². The van der Waals surface area contributed by atoms with Crippen LogP contribution in [0.2, 0.25) is 0 Å². The highest BCUT2D eigenvalue weighted by Crippen LogP contribution is 2.18. The predicted octanol–water partition coefficient (Wildman–Crippen LogP) is 2.41. The van der Waals surface area contributed by atoms with Gasteiger partial charge in [-0.15, -0.1) is 0 Å². The molecular weight excluding hydrogens is 240 g/mol. The Morgan fingerprint density at radius 2 is 2.05 bits per heavy atom. The van der Waals surface area contributed by atoms with Crippen molar-refractivity contribution in [1.29, 1.82) is 0 Å². The molecule has 2 atom stereocenters. The number of ether oxygens (including phenoxy) is 2. The zero-order valence-electron chi connectivity index (χ0n) is 11.3. The quantitative estimate of drug-likeness (QED) is 0.835. The largest absolute Gasteiger partial charge is 0.475 e. The Labute approximate surface area is 113 Å². The lowest BCUT2D eigenvalue weighted by Gasteiger charge is -2.07. The van der Waals surface area contributed by atoms with Crippen molar-refractivity contribution in [3.05, 3.63) is 35.4 Å². The van der Waals surface area contributed by atoms with Gasteiger partial charge in [0.25, 0.3) is 0 Å². The molecule has 4 heteroatoms. The summed E-state index contributed by atoms with van der Waals surface area (Å²) >= 11 is 0. The first-order chi connectivity index (χ1) is 9.26. The first-order valence-corrected chi connectivity index (χ1v) is 6.78. The fourth-order valence-corrected chi connectivity index (χ4v) is 2.20. The highest BCUT2D eigenvalue weighted by Gasteiger charge is 2.21. The molecule has 2 aliphatic heterocycles. The molecule has 2 aliphatic rings. The van der Waals surface area contributed by atoms with Crippen LogP contribution in [0.25, 0.3) is 0 Å². The smallest absolute Gasteiger partial charge is 0.216 e. The topological polar surface area (TPSA) is 43.2 Å². The number of hydrogen-bond donors (Lipinski definition) is 0. The first-order valence-electron chi connectivity index (χ1n) is 6.78. The second-order valence-corrected chi connectivity index (χ2v) is 4.96. The van der Waals surface area contributed by atoms with E-state index in [4.69, 9.17) is 9.47 Å². The second kappa shape index (κ2) is 5.03. The van der Waals surface area contributed by atoms with Crippen molar-refractivity contribution in [1.82, 2.24) is 0 Å². The molecule has 0 fully saturated rings. The molecule has 0 aliphatic carbocycles. The van der Waals surface area contributed by atoms with Crippen molar-refractivity contribution in [3.63, 3.8) is 0 Å². The maximum atomic E-state index is 5.68. The third-order valence-corrected chi connectivity index (χ3v) is 3.34. The van der Waals surface area contributed by atoms with Crippen LogP contribution in [0.3, 0.4) is 0 Å². The van der Waals surface area contributed by atoms with Gasteiger partial charge in [-0.3, -0.25) is 0 Å². The molecule has 4 nitrogen and oxygen atoms in total. The van der Waals surface area contributed by atoms with Gasteiger partial charge in [-0.25, -0.2) is 9.98 Å². The Hall–Kier alpha value is -1.84. The number of nitrogens with zero attached hydrogens (tertiary/aromatic N) is 2. The molecule has 0 spiro atoms. The molecular formula is C15H18N2O2. The van der Waals surface area contributed by atoms with Crippen molar-refractivity contribution in [3.8, 4) is 0 Å². The van der Waals surface area contributed by atoms with Crippen LogP contribution in [-0.4, -0.2) is 37.1 Å². The fourth-order valence-electron chi connectivity index (χ4n) is 2.20. The second-order valence-electron chi connectivity index (χ2n) is 4.96. The third kappa shape index (κ3) is 2.48. The number of benzene rings is 1. The summed E-state index contributed by atoms with van der Waals surface area (Å²) in [6.45, 7) is 5.56. The molecule has 2 unspecified atom stereocenters. The van der Waals surface area contributed by atoms with Gasteiger partial charge in [0, 0.05) is 11.1 Å². The van der Waals surface area contributed by atoms with E-state index in [0.717, 1.165) is 35.9 Å². The Morgan fingerprint density at radius 1 is 1.26 bits per heavy atom. The monoisotopic (exact) mass is 258 g/mol. The molecule has 19 heavy (non-hydrogen) atoms. The van der Waals surface area contributed by atoms with E-state index in [9.17, 15) is 0 Å². The minimum atomic E-state index is 0.170. The lowest BCUT2D eigenvalue weighted by atomic mass is 10.1. The molecule has 0 aromatic heterocycles. The Morgan fingerprint density at radius 3 is 2.68 bits per heavy atom.